The number of ketones is 2. The fraction of sp³-hybridized carbons (Fsp3) is 0.500. The Morgan fingerprint density at radius 2 is 1.50 bits per heavy atom. The highest BCUT2D eigenvalue weighted by Gasteiger charge is 2.31. The van der Waals surface area contributed by atoms with Gasteiger partial charge in [-0.15, -0.1) is 0 Å². The van der Waals surface area contributed by atoms with Crippen molar-refractivity contribution in [2.24, 2.45) is 11.8 Å². The van der Waals surface area contributed by atoms with Crippen LogP contribution in [-0.2, 0) is 35.2 Å². The molecule has 11 nitrogen and oxygen atoms in total. The summed E-state index contributed by atoms with van der Waals surface area (Å²) in [6, 6.07) is 6.55. The molecule has 36 heavy (non-hydrogen) atoms. The molecule has 0 aliphatic rings. The van der Waals surface area contributed by atoms with Crippen LogP contribution < -0.4 is 10.6 Å². The second-order valence-corrected chi connectivity index (χ2v) is 8.76. The maximum Gasteiger partial charge on any atom is 0.320 e. The van der Waals surface area contributed by atoms with E-state index < -0.39 is 72.1 Å². The van der Waals surface area contributed by atoms with Gasteiger partial charge in [-0.1, -0.05) is 30.3 Å². The van der Waals surface area contributed by atoms with Crippen LogP contribution in [0.25, 0.3) is 0 Å². The van der Waals surface area contributed by atoms with Crippen molar-refractivity contribution in [1.29, 1.82) is 0 Å². The quantitative estimate of drug-likeness (QED) is 0.150. The van der Waals surface area contributed by atoms with Gasteiger partial charge in [0, 0.05) is 25.0 Å². The summed E-state index contributed by atoms with van der Waals surface area (Å²) in [6.07, 6.45) is -1.70. The highest BCUT2D eigenvalue weighted by atomic mass is 32.1. The molecule has 1 aromatic rings. The average Bonchev–Trinajstić information content (AvgIpc) is 2.81. The minimum Gasteiger partial charge on any atom is -0.481 e. The van der Waals surface area contributed by atoms with Crippen molar-refractivity contribution >= 4 is 48.0 Å². The lowest BCUT2D eigenvalue weighted by molar-refractivity contribution is -0.144. The Kier molecular flexibility index (Phi) is 13.4. The van der Waals surface area contributed by atoms with E-state index in [0.29, 0.717) is 5.56 Å². The van der Waals surface area contributed by atoms with E-state index in [-0.39, 0.29) is 31.4 Å². The molecule has 5 N–H and O–H groups in total. The first-order chi connectivity index (χ1) is 17.0. The molecule has 4 atom stereocenters. The van der Waals surface area contributed by atoms with Crippen molar-refractivity contribution in [3.8, 4) is 0 Å². The van der Waals surface area contributed by atoms with Crippen molar-refractivity contribution in [2.75, 3.05) is 12.8 Å². The van der Waals surface area contributed by atoms with E-state index in [1.54, 1.807) is 30.3 Å². The van der Waals surface area contributed by atoms with E-state index in [2.05, 4.69) is 23.3 Å². The van der Waals surface area contributed by atoms with Crippen LogP contribution in [-0.4, -0.2) is 75.6 Å². The minimum atomic E-state index is -1.33. The van der Waals surface area contributed by atoms with Crippen LogP contribution in [0.3, 0.4) is 0 Å². The first kappa shape index (κ1) is 30.8. The van der Waals surface area contributed by atoms with Gasteiger partial charge in [-0.05, 0) is 25.5 Å². The molecule has 0 radical (unpaired) electrons. The first-order valence-corrected chi connectivity index (χ1v) is 12.0. The van der Waals surface area contributed by atoms with Gasteiger partial charge < -0.3 is 26.0 Å². The zero-order valence-electron chi connectivity index (χ0n) is 19.9. The number of carbonyl (C=O) groups excluding carboxylic acids is 3. The van der Waals surface area contributed by atoms with Gasteiger partial charge in [0.25, 0.3) is 0 Å². The molecule has 0 aliphatic heterocycles. The fourth-order valence-electron chi connectivity index (χ4n) is 3.54. The number of rotatable bonds is 18. The van der Waals surface area contributed by atoms with Gasteiger partial charge in [0.05, 0.1) is 24.3 Å². The van der Waals surface area contributed by atoms with Gasteiger partial charge in [0.1, 0.15) is 11.8 Å². The lowest BCUT2D eigenvalue weighted by Gasteiger charge is -2.22. The van der Waals surface area contributed by atoms with Crippen LogP contribution in [0.1, 0.15) is 37.7 Å². The number of carbonyl (C=O) groups is 6. The zero-order chi connectivity index (χ0) is 27.3. The molecule has 1 aromatic carbocycles. The molecule has 0 fully saturated rings. The third-order valence-electron chi connectivity index (χ3n) is 5.63. The van der Waals surface area contributed by atoms with Crippen LogP contribution in [0, 0.1) is 11.8 Å². The van der Waals surface area contributed by atoms with Crippen LogP contribution >= 0.6 is 12.6 Å². The molecule has 1 amide bonds. The van der Waals surface area contributed by atoms with E-state index >= 15 is 0 Å². The normalized spacial score (nSPS) is 14.2. The molecule has 0 saturated carbocycles. The van der Waals surface area contributed by atoms with Crippen LogP contribution in [0.15, 0.2) is 30.3 Å². The highest BCUT2D eigenvalue weighted by Crippen LogP contribution is 2.16. The zero-order valence-corrected chi connectivity index (χ0v) is 20.8. The summed E-state index contributed by atoms with van der Waals surface area (Å²) in [6.45, 7) is 0. The van der Waals surface area contributed by atoms with Crippen molar-refractivity contribution in [3.05, 3.63) is 35.9 Å². The fourth-order valence-corrected chi connectivity index (χ4v) is 3.83. The predicted octanol–water partition coefficient (Wildman–Crippen LogP) is 0.807. The maximum absolute atomic E-state index is 13.0. The predicted molar refractivity (Wildman–Crippen MR) is 132 cm³/mol. The molecule has 198 valence electrons. The van der Waals surface area contributed by atoms with Crippen LogP contribution in [0.4, 0.5) is 0 Å². The molecule has 0 aromatic heterocycles. The Bertz CT molecular complexity index is 939. The Hall–Kier alpha value is -3.25. The van der Waals surface area contributed by atoms with E-state index in [4.69, 9.17) is 5.11 Å². The molecule has 1 rings (SSSR count). The maximum atomic E-state index is 13.0. The molecule has 0 heterocycles. The Balaban J connectivity index is 3.02. The first-order valence-electron chi connectivity index (χ1n) is 11.3. The second-order valence-electron chi connectivity index (χ2n) is 8.39. The number of carboxylic acid groups (broad SMARTS) is 3. The highest BCUT2D eigenvalue weighted by molar-refractivity contribution is 7.80. The molecule has 0 spiro atoms. The molecule has 0 bridgehead atoms. The van der Waals surface area contributed by atoms with Gasteiger partial charge in [-0.25, -0.2) is 0 Å². The van der Waals surface area contributed by atoms with Crippen LogP contribution in [0.2, 0.25) is 0 Å². The Labute approximate surface area is 214 Å². The smallest absolute Gasteiger partial charge is 0.320 e. The molecule has 0 aliphatic carbocycles. The standard InChI is InChI=1S/C24H32N2O9S/c1-25-18(24(34)35)8-7-17(27)10-15(12-21(29)30)22(31)26-19(9-14-5-3-2-4-6-14)20(28)11-16(13-36)23(32)33/h2-6,15-16,18-19,25,36H,7-13H2,1H3,(H,26,31)(H,29,30)(H,32,33)(H,34,35). The monoisotopic (exact) mass is 524 g/mol. The summed E-state index contributed by atoms with van der Waals surface area (Å²) in [5.41, 5.74) is 0.687. The summed E-state index contributed by atoms with van der Waals surface area (Å²) < 4.78 is 0. The number of hydrogen-bond donors (Lipinski definition) is 6. The number of likely N-dealkylation sites (N-methyl/N-ethyl adjacent to an activating group) is 1. The summed E-state index contributed by atoms with van der Waals surface area (Å²) >= 11 is 3.96. The van der Waals surface area contributed by atoms with Gasteiger partial charge in [0.2, 0.25) is 5.91 Å². The van der Waals surface area contributed by atoms with Gasteiger partial charge >= 0.3 is 17.9 Å². The van der Waals surface area contributed by atoms with Crippen molar-refractivity contribution in [3.63, 3.8) is 0 Å². The number of carboxylic acids is 3. The number of thiol groups is 1. The third kappa shape index (κ3) is 11.0. The third-order valence-corrected chi connectivity index (χ3v) is 6.07. The lowest BCUT2D eigenvalue weighted by Crippen LogP contribution is -2.46. The number of hydrogen-bond acceptors (Lipinski definition) is 8. The molecule has 0 saturated heterocycles. The minimum absolute atomic E-state index is 0.0402. The van der Waals surface area contributed by atoms with Gasteiger partial charge in [0.15, 0.2) is 5.78 Å². The molecular weight excluding hydrogens is 492 g/mol. The largest absolute Gasteiger partial charge is 0.481 e. The number of Topliss-reactive ketones (excluding diaryl/α,β-unsaturated/α-hetero) is 2. The Morgan fingerprint density at radius 1 is 0.861 bits per heavy atom. The summed E-state index contributed by atoms with van der Waals surface area (Å²) in [4.78, 5) is 72.2. The second kappa shape index (κ2) is 15.7. The molecular formula is C24H32N2O9S. The van der Waals surface area contributed by atoms with Gasteiger partial charge in [-0.3, -0.25) is 28.8 Å². The number of nitrogens with one attached hydrogen (secondary N) is 2. The van der Waals surface area contributed by atoms with E-state index in [1.807, 2.05) is 0 Å². The van der Waals surface area contributed by atoms with Crippen molar-refractivity contribution in [2.45, 2.75) is 50.6 Å². The topological polar surface area (TPSA) is 187 Å². The molecule has 12 heteroatoms. The van der Waals surface area contributed by atoms with Crippen LogP contribution in [0.5, 0.6) is 0 Å². The van der Waals surface area contributed by atoms with Gasteiger partial charge in [-0.2, -0.15) is 12.6 Å². The average molecular weight is 525 g/mol. The number of benzene rings is 1. The summed E-state index contributed by atoms with van der Waals surface area (Å²) in [7, 11) is 1.43. The summed E-state index contributed by atoms with van der Waals surface area (Å²) in [5, 5.41) is 32.6. The molecule has 4 unspecified atom stereocenters. The van der Waals surface area contributed by atoms with Crippen molar-refractivity contribution in [1.82, 2.24) is 10.6 Å². The number of amides is 1. The SMILES string of the molecule is CNC(CCC(=O)CC(CC(=O)O)C(=O)NC(Cc1ccccc1)C(=O)CC(CS)C(=O)O)C(=O)O. The lowest BCUT2D eigenvalue weighted by atomic mass is 9.92. The Morgan fingerprint density at radius 3 is 2.00 bits per heavy atom. The summed E-state index contributed by atoms with van der Waals surface area (Å²) in [5.74, 6) is -8.02. The van der Waals surface area contributed by atoms with Crippen molar-refractivity contribution < 1.29 is 44.1 Å². The number of aliphatic carboxylic acids is 3. The van der Waals surface area contributed by atoms with E-state index in [0.717, 1.165) is 0 Å². The van der Waals surface area contributed by atoms with E-state index in [1.165, 1.54) is 7.05 Å². The van der Waals surface area contributed by atoms with E-state index in [9.17, 15) is 39.0 Å².